The maximum atomic E-state index is 14.3. The topological polar surface area (TPSA) is 24.5 Å². The van der Waals surface area contributed by atoms with Crippen molar-refractivity contribution in [2.45, 2.75) is 44.8 Å². The highest BCUT2D eigenvalue weighted by molar-refractivity contribution is 5.50. The zero-order chi connectivity index (χ0) is 14.7. The summed E-state index contributed by atoms with van der Waals surface area (Å²) in [5.41, 5.74) is 1.76. The number of ether oxygens (including phenoxy) is 1. The highest BCUT2D eigenvalue weighted by atomic mass is 19.1. The predicted molar refractivity (Wildman–Crippen MR) is 83.2 cm³/mol. The van der Waals surface area contributed by atoms with Crippen LogP contribution in [0.1, 0.15) is 44.2 Å². The van der Waals surface area contributed by atoms with Crippen LogP contribution in [0, 0.1) is 5.82 Å². The fourth-order valence-corrected chi connectivity index (χ4v) is 3.24. The molecular formula is C17H25FN2O. The Morgan fingerprint density at radius 3 is 2.81 bits per heavy atom. The molecule has 21 heavy (non-hydrogen) atoms. The van der Waals surface area contributed by atoms with E-state index in [0.29, 0.717) is 6.10 Å². The van der Waals surface area contributed by atoms with Gasteiger partial charge in [-0.2, -0.15) is 0 Å². The molecule has 0 unspecified atom stereocenters. The summed E-state index contributed by atoms with van der Waals surface area (Å²) >= 11 is 0. The van der Waals surface area contributed by atoms with Crippen LogP contribution in [0.3, 0.4) is 0 Å². The maximum Gasteiger partial charge on any atom is 0.146 e. The molecule has 2 atom stereocenters. The highest BCUT2D eigenvalue weighted by Crippen LogP contribution is 2.26. The van der Waals surface area contributed by atoms with Crippen molar-refractivity contribution in [1.82, 2.24) is 5.32 Å². The van der Waals surface area contributed by atoms with E-state index in [0.717, 1.165) is 50.3 Å². The van der Waals surface area contributed by atoms with Gasteiger partial charge in [0, 0.05) is 32.3 Å². The van der Waals surface area contributed by atoms with E-state index in [-0.39, 0.29) is 11.9 Å². The summed E-state index contributed by atoms with van der Waals surface area (Å²) in [4.78, 5) is 2.14. The average Bonchev–Trinajstić information content (AvgIpc) is 3.17. The smallest absolute Gasteiger partial charge is 0.146 e. The second-order valence-electron chi connectivity index (χ2n) is 6.17. The number of hydrogen-bond donors (Lipinski definition) is 1. The van der Waals surface area contributed by atoms with Crippen LogP contribution in [-0.2, 0) is 4.74 Å². The van der Waals surface area contributed by atoms with Gasteiger partial charge in [0.1, 0.15) is 5.82 Å². The Morgan fingerprint density at radius 2 is 2.14 bits per heavy atom. The largest absolute Gasteiger partial charge is 0.377 e. The molecule has 2 saturated heterocycles. The van der Waals surface area contributed by atoms with Gasteiger partial charge in [-0.3, -0.25) is 0 Å². The summed E-state index contributed by atoms with van der Waals surface area (Å²) in [5.74, 6) is -0.0971. The second-order valence-corrected chi connectivity index (χ2v) is 6.17. The van der Waals surface area contributed by atoms with Crippen LogP contribution < -0.4 is 10.2 Å². The Hall–Kier alpha value is -1.13. The van der Waals surface area contributed by atoms with Gasteiger partial charge in [0.25, 0.3) is 0 Å². The lowest BCUT2D eigenvalue weighted by molar-refractivity contribution is 0.108. The van der Waals surface area contributed by atoms with Crippen molar-refractivity contribution in [2.75, 3.05) is 31.1 Å². The number of benzene rings is 1. The summed E-state index contributed by atoms with van der Waals surface area (Å²) in [6, 6.07) is 5.81. The van der Waals surface area contributed by atoms with E-state index in [4.69, 9.17) is 4.74 Å². The molecule has 2 aliphatic heterocycles. The van der Waals surface area contributed by atoms with E-state index < -0.39 is 0 Å². The molecule has 0 spiro atoms. The third-order valence-corrected chi connectivity index (χ3v) is 4.59. The molecule has 0 saturated carbocycles. The first kappa shape index (κ1) is 14.8. The second kappa shape index (κ2) is 6.75. The summed E-state index contributed by atoms with van der Waals surface area (Å²) in [5, 5.41) is 3.45. The third kappa shape index (κ3) is 3.55. The molecule has 2 fully saturated rings. The van der Waals surface area contributed by atoms with Gasteiger partial charge in [0.15, 0.2) is 0 Å². The molecule has 3 rings (SSSR count). The summed E-state index contributed by atoms with van der Waals surface area (Å²) in [6.45, 7) is 5.75. The van der Waals surface area contributed by atoms with Gasteiger partial charge in [0.2, 0.25) is 0 Å². The standard InChI is InChI=1S/C17H25FN2O/c1-13(19-12-15-5-4-10-21-15)14-6-7-17(16(18)11-14)20-8-2-3-9-20/h6-7,11,13,15,19H,2-5,8-10,12H2,1H3/t13-,15-/m1/s1. The van der Waals surface area contributed by atoms with Crippen molar-refractivity contribution in [2.24, 2.45) is 0 Å². The van der Waals surface area contributed by atoms with Crippen LogP contribution >= 0.6 is 0 Å². The minimum absolute atomic E-state index is 0.0971. The molecule has 0 radical (unpaired) electrons. The van der Waals surface area contributed by atoms with Crippen molar-refractivity contribution in [3.05, 3.63) is 29.6 Å². The van der Waals surface area contributed by atoms with E-state index >= 15 is 0 Å². The van der Waals surface area contributed by atoms with Gasteiger partial charge >= 0.3 is 0 Å². The molecule has 1 aromatic carbocycles. The Morgan fingerprint density at radius 1 is 1.33 bits per heavy atom. The monoisotopic (exact) mass is 292 g/mol. The number of rotatable bonds is 5. The molecule has 2 heterocycles. The van der Waals surface area contributed by atoms with Crippen molar-refractivity contribution < 1.29 is 9.13 Å². The van der Waals surface area contributed by atoms with Gasteiger partial charge in [0.05, 0.1) is 11.8 Å². The van der Waals surface area contributed by atoms with Gasteiger partial charge in [-0.05, 0) is 50.3 Å². The van der Waals surface area contributed by atoms with Crippen molar-refractivity contribution in [3.63, 3.8) is 0 Å². The number of halogens is 1. The van der Waals surface area contributed by atoms with E-state index in [2.05, 4.69) is 17.1 Å². The Labute approximate surface area is 126 Å². The molecule has 0 amide bonds. The number of nitrogens with one attached hydrogen (secondary N) is 1. The fourth-order valence-electron chi connectivity index (χ4n) is 3.24. The summed E-state index contributed by atoms with van der Waals surface area (Å²) < 4.78 is 19.9. The summed E-state index contributed by atoms with van der Waals surface area (Å²) in [7, 11) is 0. The van der Waals surface area contributed by atoms with Gasteiger partial charge in [-0.15, -0.1) is 0 Å². The molecule has 0 aliphatic carbocycles. The van der Waals surface area contributed by atoms with Crippen LogP contribution in [0.15, 0.2) is 18.2 Å². The molecular weight excluding hydrogens is 267 g/mol. The Kier molecular flexibility index (Phi) is 4.76. The predicted octanol–water partition coefficient (Wildman–Crippen LogP) is 3.26. The zero-order valence-electron chi connectivity index (χ0n) is 12.8. The lowest BCUT2D eigenvalue weighted by Crippen LogP contribution is -2.28. The lowest BCUT2D eigenvalue weighted by atomic mass is 10.1. The zero-order valence-corrected chi connectivity index (χ0v) is 12.8. The van der Waals surface area contributed by atoms with Gasteiger partial charge in [-0.1, -0.05) is 6.07 Å². The average molecular weight is 292 g/mol. The van der Waals surface area contributed by atoms with Crippen molar-refractivity contribution in [1.29, 1.82) is 0 Å². The maximum absolute atomic E-state index is 14.3. The first-order valence-corrected chi connectivity index (χ1v) is 8.13. The van der Waals surface area contributed by atoms with Gasteiger partial charge < -0.3 is 15.0 Å². The number of nitrogens with zero attached hydrogens (tertiary/aromatic N) is 1. The molecule has 116 valence electrons. The number of hydrogen-bond acceptors (Lipinski definition) is 3. The van der Waals surface area contributed by atoms with E-state index in [1.54, 1.807) is 6.07 Å². The van der Waals surface area contributed by atoms with Crippen LogP contribution in [0.2, 0.25) is 0 Å². The quantitative estimate of drug-likeness (QED) is 0.901. The van der Waals surface area contributed by atoms with Crippen molar-refractivity contribution in [3.8, 4) is 0 Å². The first-order valence-electron chi connectivity index (χ1n) is 8.13. The van der Waals surface area contributed by atoms with Crippen LogP contribution in [0.4, 0.5) is 10.1 Å². The molecule has 0 bridgehead atoms. The molecule has 1 N–H and O–H groups in total. The number of anilines is 1. The molecule has 1 aromatic rings. The van der Waals surface area contributed by atoms with E-state index in [1.807, 2.05) is 12.1 Å². The molecule has 4 heteroatoms. The SMILES string of the molecule is C[C@@H](NC[C@H]1CCCO1)c1ccc(N2CCCC2)c(F)c1. The lowest BCUT2D eigenvalue weighted by Gasteiger charge is -2.21. The van der Waals surface area contributed by atoms with Crippen LogP contribution in [0.25, 0.3) is 0 Å². The van der Waals surface area contributed by atoms with Crippen LogP contribution in [-0.4, -0.2) is 32.3 Å². The minimum atomic E-state index is -0.0971. The Bertz CT molecular complexity index is 468. The van der Waals surface area contributed by atoms with E-state index in [1.165, 1.54) is 12.8 Å². The molecule has 0 aromatic heterocycles. The summed E-state index contributed by atoms with van der Waals surface area (Å²) in [6.07, 6.45) is 4.93. The van der Waals surface area contributed by atoms with Gasteiger partial charge in [-0.25, -0.2) is 4.39 Å². The highest BCUT2D eigenvalue weighted by Gasteiger charge is 2.19. The first-order chi connectivity index (χ1) is 10.2. The van der Waals surface area contributed by atoms with E-state index in [9.17, 15) is 4.39 Å². The molecule has 3 nitrogen and oxygen atoms in total. The van der Waals surface area contributed by atoms with Crippen LogP contribution in [0.5, 0.6) is 0 Å². The van der Waals surface area contributed by atoms with Crippen molar-refractivity contribution >= 4 is 5.69 Å². The normalized spacial score (nSPS) is 23.7. The molecule has 2 aliphatic rings. The Balaban J connectivity index is 1.60. The minimum Gasteiger partial charge on any atom is -0.377 e. The fraction of sp³-hybridized carbons (Fsp3) is 0.647. The third-order valence-electron chi connectivity index (χ3n) is 4.59.